The minimum absolute atomic E-state index is 0.0191. The molecule has 0 unspecified atom stereocenters. The number of amides is 3. The predicted octanol–water partition coefficient (Wildman–Crippen LogP) is 8.30. The van der Waals surface area contributed by atoms with E-state index in [1.54, 1.807) is 61.6 Å². The van der Waals surface area contributed by atoms with E-state index < -0.39 is 22.8 Å². The Morgan fingerprint density at radius 1 is 1.00 bits per heavy atom. The molecule has 5 rings (SSSR count). The van der Waals surface area contributed by atoms with E-state index in [0.29, 0.717) is 40.3 Å². The SMILES string of the molecule is C=C/C=C\C(=C/C)N1C(=O)/C(=C/c2cc(CC=C)c(OCc3cccc([N+](=O)[O-])c3)c(OC)c2)C(=O)N=C1SCC(=O)NC(c1ccccc1)c1ccccc1. The molecule has 0 aliphatic carbocycles. The molecule has 0 atom stereocenters. The number of aliphatic imine (C=N–C) groups is 1. The fourth-order valence-electron chi connectivity index (χ4n) is 5.86. The van der Waals surface area contributed by atoms with Crippen LogP contribution in [0.5, 0.6) is 11.5 Å². The first-order valence-electron chi connectivity index (χ1n) is 17.5. The second-order valence-corrected chi connectivity index (χ2v) is 13.2. The number of amidine groups is 1. The van der Waals surface area contributed by atoms with E-state index in [-0.39, 0.29) is 34.7 Å². The van der Waals surface area contributed by atoms with Crippen molar-refractivity contribution in [3.05, 3.63) is 190 Å². The maximum absolute atomic E-state index is 14.3. The van der Waals surface area contributed by atoms with Crippen LogP contribution >= 0.6 is 11.8 Å². The van der Waals surface area contributed by atoms with Crippen LogP contribution in [0.1, 0.15) is 40.8 Å². The third kappa shape index (κ3) is 10.0. The van der Waals surface area contributed by atoms with Gasteiger partial charge in [-0.3, -0.25) is 29.4 Å². The smallest absolute Gasteiger partial charge is 0.285 e. The lowest BCUT2D eigenvalue weighted by Crippen LogP contribution is -2.42. The van der Waals surface area contributed by atoms with Crippen LogP contribution in [-0.4, -0.2) is 45.6 Å². The maximum atomic E-state index is 14.3. The van der Waals surface area contributed by atoms with Crippen molar-refractivity contribution in [2.75, 3.05) is 12.9 Å². The van der Waals surface area contributed by atoms with Crippen molar-refractivity contribution in [2.24, 2.45) is 4.99 Å². The highest BCUT2D eigenvalue weighted by molar-refractivity contribution is 8.14. The summed E-state index contributed by atoms with van der Waals surface area (Å²) in [5, 5.41) is 14.4. The van der Waals surface area contributed by atoms with Crippen molar-refractivity contribution >= 4 is 46.4 Å². The Balaban J connectivity index is 1.44. The number of nitro benzene ring substituents is 1. The molecule has 3 amide bonds. The summed E-state index contributed by atoms with van der Waals surface area (Å²) in [4.78, 5) is 57.9. The van der Waals surface area contributed by atoms with Crippen LogP contribution < -0.4 is 14.8 Å². The summed E-state index contributed by atoms with van der Waals surface area (Å²) in [6.07, 6.45) is 10.0. The number of thioether (sulfide) groups is 1. The Morgan fingerprint density at radius 3 is 2.30 bits per heavy atom. The molecule has 56 heavy (non-hydrogen) atoms. The van der Waals surface area contributed by atoms with Gasteiger partial charge in [-0.15, -0.1) is 6.58 Å². The summed E-state index contributed by atoms with van der Waals surface area (Å²) >= 11 is 0.972. The van der Waals surface area contributed by atoms with Crippen molar-refractivity contribution in [3.8, 4) is 11.5 Å². The van der Waals surface area contributed by atoms with Gasteiger partial charge in [0.15, 0.2) is 16.7 Å². The lowest BCUT2D eigenvalue weighted by molar-refractivity contribution is -0.384. The van der Waals surface area contributed by atoms with Gasteiger partial charge in [-0.25, -0.2) is 0 Å². The van der Waals surface area contributed by atoms with E-state index in [2.05, 4.69) is 23.5 Å². The molecule has 1 N–H and O–H groups in total. The number of rotatable bonds is 16. The quantitative estimate of drug-likeness (QED) is 0.0300. The first-order valence-corrected chi connectivity index (χ1v) is 18.5. The predicted molar refractivity (Wildman–Crippen MR) is 220 cm³/mol. The second-order valence-electron chi connectivity index (χ2n) is 12.2. The molecule has 284 valence electrons. The molecule has 4 aromatic rings. The number of hydrogen-bond acceptors (Lipinski definition) is 8. The zero-order chi connectivity index (χ0) is 40.0. The molecule has 12 heteroatoms. The highest BCUT2D eigenvalue weighted by atomic mass is 32.2. The van der Waals surface area contributed by atoms with Gasteiger partial charge in [0.2, 0.25) is 5.91 Å². The van der Waals surface area contributed by atoms with Crippen molar-refractivity contribution in [1.82, 2.24) is 10.2 Å². The molecule has 0 saturated heterocycles. The molecule has 0 radical (unpaired) electrons. The van der Waals surface area contributed by atoms with Crippen LogP contribution in [0.15, 0.2) is 157 Å². The van der Waals surface area contributed by atoms with E-state index in [9.17, 15) is 24.5 Å². The minimum atomic E-state index is -0.779. The highest BCUT2D eigenvalue weighted by Gasteiger charge is 2.35. The van der Waals surface area contributed by atoms with Crippen LogP contribution in [0.2, 0.25) is 0 Å². The van der Waals surface area contributed by atoms with Crippen molar-refractivity contribution < 1.29 is 28.8 Å². The van der Waals surface area contributed by atoms with Crippen LogP contribution in [0, 0.1) is 10.1 Å². The Hall–Kier alpha value is -6.79. The Bertz CT molecular complexity index is 2210. The topological polar surface area (TPSA) is 140 Å². The van der Waals surface area contributed by atoms with Gasteiger partial charge in [0, 0.05) is 23.4 Å². The van der Waals surface area contributed by atoms with E-state index in [1.165, 1.54) is 30.2 Å². The summed E-state index contributed by atoms with van der Waals surface area (Å²) in [7, 11) is 1.46. The molecule has 0 saturated carbocycles. The molecule has 1 aliphatic heterocycles. The Kier molecular flexibility index (Phi) is 14.1. The summed E-state index contributed by atoms with van der Waals surface area (Å²) in [6.45, 7) is 9.34. The van der Waals surface area contributed by atoms with Crippen LogP contribution in [0.3, 0.4) is 0 Å². The zero-order valence-electron chi connectivity index (χ0n) is 30.9. The lowest BCUT2D eigenvalue weighted by atomic mass is 9.99. The molecule has 1 heterocycles. The Morgan fingerprint density at radius 2 is 1.70 bits per heavy atom. The number of non-ortho nitro benzene ring substituents is 1. The highest BCUT2D eigenvalue weighted by Crippen LogP contribution is 2.36. The van der Waals surface area contributed by atoms with Crippen molar-refractivity contribution in [3.63, 3.8) is 0 Å². The number of nitro groups is 1. The number of benzene rings is 4. The van der Waals surface area contributed by atoms with Gasteiger partial charge in [0.1, 0.15) is 12.2 Å². The molecule has 11 nitrogen and oxygen atoms in total. The largest absolute Gasteiger partial charge is 0.493 e. The summed E-state index contributed by atoms with van der Waals surface area (Å²) in [5.41, 5.74) is 3.62. The van der Waals surface area contributed by atoms with Crippen molar-refractivity contribution in [1.29, 1.82) is 0 Å². The molecule has 0 fully saturated rings. The maximum Gasteiger partial charge on any atom is 0.285 e. The normalized spacial score (nSPS) is 13.8. The van der Waals surface area contributed by atoms with Crippen LogP contribution in [0.25, 0.3) is 6.08 Å². The van der Waals surface area contributed by atoms with E-state index >= 15 is 0 Å². The number of hydrogen-bond donors (Lipinski definition) is 1. The van der Waals surface area contributed by atoms with E-state index in [1.807, 2.05) is 60.7 Å². The number of carbonyl (C=O) groups is 3. The van der Waals surface area contributed by atoms with Gasteiger partial charge in [0.05, 0.1) is 23.8 Å². The first kappa shape index (κ1) is 40.4. The average molecular weight is 769 g/mol. The molecular formula is C44H40N4O7S. The van der Waals surface area contributed by atoms with E-state index in [4.69, 9.17) is 9.47 Å². The van der Waals surface area contributed by atoms with Gasteiger partial charge in [-0.2, -0.15) is 4.99 Å². The van der Waals surface area contributed by atoms with Gasteiger partial charge >= 0.3 is 0 Å². The Labute approximate surface area is 329 Å². The third-order valence-electron chi connectivity index (χ3n) is 8.47. The van der Waals surface area contributed by atoms with Crippen LogP contribution in [0.4, 0.5) is 5.69 Å². The van der Waals surface area contributed by atoms with E-state index in [0.717, 1.165) is 22.9 Å². The standard InChI is InChI=1S/C44H40N4O7S/c1-5-8-22-35(7-3)47-43(51)37(26-31-24-34(16-6-2)41(38(27-31)54-4)55-28-30-17-15-23-36(25-30)48(52)53)42(50)46-44(47)56-29-39(49)45-40(32-18-11-9-12-19-32)33-20-13-10-14-21-33/h5-15,17-27,40H,1-2,16,28-29H2,3-4H3,(H,45,49)/b22-8-,35-7+,37-26+. The number of allylic oxidation sites excluding steroid dienone is 5. The second kappa shape index (κ2) is 19.5. The number of carbonyl (C=O) groups excluding carboxylic acids is 3. The van der Waals surface area contributed by atoms with Gasteiger partial charge in [-0.05, 0) is 59.9 Å². The molecule has 4 aromatic carbocycles. The number of ether oxygens (including phenoxy) is 2. The fraction of sp³-hybridized carbons (Fsp3) is 0.136. The summed E-state index contributed by atoms with van der Waals surface area (Å²) < 4.78 is 11.8. The minimum Gasteiger partial charge on any atom is -0.493 e. The van der Waals surface area contributed by atoms with Gasteiger partial charge in [0.25, 0.3) is 17.5 Å². The first-order chi connectivity index (χ1) is 27.2. The lowest BCUT2D eigenvalue weighted by Gasteiger charge is -2.28. The number of nitrogens with zero attached hydrogens (tertiary/aromatic N) is 3. The monoisotopic (exact) mass is 768 g/mol. The summed E-state index contributed by atoms with van der Waals surface area (Å²) in [6, 6.07) is 28.2. The average Bonchev–Trinajstić information content (AvgIpc) is 3.21. The molecular weight excluding hydrogens is 729 g/mol. The van der Waals surface area contributed by atoms with Gasteiger partial charge < -0.3 is 14.8 Å². The number of methoxy groups -OCH3 is 1. The van der Waals surface area contributed by atoms with Gasteiger partial charge in [-0.1, -0.05) is 115 Å². The molecule has 0 bridgehead atoms. The number of nitrogens with one attached hydrogen (secondary N) is 1. The summed E-state index contributed by atoms with van der Waals surface area (Å²) in [5.74, 6) is -1.18. The van der Waals surface area contributed by atoms with Crippen LogP contribution in [-0.2, 0) is 27.4 Å². The molecule has 0 aromatic heterocycles. The van der Waals surface area contributed by atoms with Crippen molar-refractivity contribution in [2.45, 2.75) is 26.0 Å². The fourth-order valence-corrected chi connectivity index (χ4v) is 6.67. The third-order valence-corrected chi connectivity index (χ3v) is 9.41. The molecule has 0 spiro atoms. The molecule has 1 aliphatic rings. The zero-order valence-corrected chi connectivity index (χ0v) is 31.7.